The van der Waals surface area contributed by atoms with E-state index in [1.54, 1.807) is 12.3 Å². The van der Waals surface area contributed by atoms with E-state index in [0.717, 1.165) is 21.9 Å². The Bertz CT molecular complexity index is 1030. The van der Waals surface area contributed by atoms with Gasteiger partial charge in [0.15, 0.2) is 0 Å². The van der Waals surface area contributed by atoms with E-state index in [2.05, 4.69) is 9.88 Å². The molecule has 0 spiro atoms. The molecule has 0 saturated carbocycles. The second-order valence-corrected chi connectivity index (χ2v) is 8.71. The molecule has 1 atom stereocenters. The van der Waals surface area contributed by atoms with Gasteiger partial charge < -0.3 is 25.6 Å². The van der Waals surface area contributed by atoms with Crippen LogP contribution in [0.3, 0.4) is 0 Å². The fourth-order valence-electron chi connectivity index (χ4n) is 4.07. The molecule has 0 bridgehead atoms. The second-order valence-electron chi connectivity index (χ2n) is 8.27. The Morgan fingerprint density at radius 3 is 2.77 bits per heavy atom. The first-order valence-electron chi connectivity index (χ1n) is 10.6. The predicted octanol–water partition coefficient (Wildman–Crippen LogP) is 3.08. The van der Waals surface area contributed by atoms with Gasteiger partial charge in [-0.3, -0.25) is 4.98 Å². The first-order chi connectivity index (χ1) is 15.0. The number of halogens is 1. The summed E-state index contributed by atoms with van der Waals surface area (Å²) in [5, 5.41) is 23.4. The second kappa shape index (κ2) is 9.51. The summed E-state index contributed by atoms with van der Waals surface area (Å²) < 4.78 is 5.88. The summed E-state index contributed by atoms with van der Waals surface area (Å²) in [6.45, 7) is 2.35. The third kappa shape index (κ3) is 5.34. The van der Waals surface area contributed by atoms with Crippen LogP contribution in [0.1, 0.15) is 12.8 Å². The molecule has 164 valence electrons. The molecule has 0 aliphatic carbocycles. The Morgan fingerprint density at radius 1 is 1.19 bits per heavy atom. The number of aromatic nitrogens is 1. The number of hydrogen-bond donors (Lipinski definition) is 3. The van der Waals surface area contributed by atoms with Crippen molar-refractivity contribution in [3.8, 4) is 16.9 Å². The number of nitrogens with zero attached hydrogens (tertiary/aromatic N) is 2. The number of likely N-dealkylation sites (tertiary alicyclic amines) is 1. The number of nitrogens with two attached hydrogens (primary N) is 1. The van der Waals surface area contributed by atoms with Crippen molar-refractivity contribution >= 4 is 22.4 Å². The van der Waals surface area contributed by atoms with E-state index in [-0.39, 0.29) is 13.2 Å². The van der Waals surface area contributed by atoms with E-state index in [9.17, 15) is 10.2 Å². The van der Waals surface area contributed by atoms with Gasteiger partial charge in [-0.25, -0.2) is 0 Å². The molecule has 1 fully saturated rings. The predicted molar refractivity (Wildman–Crippen MR) is 123 cm³/mol. The fraction of sp³-hybridized carbons (Fsp3) is 0.375. The summed E-state index contributed by atoms with van der Waals surface area (Å²) >= 11 is 6.37. The van der Waals surface area contributed by atoms with Crippen LogP contribution >= 0.6 is 11.6 Å². The van der Waals surface area contributed by atoms with Crippen molar-refractivity contribution in [1.29, 1.82) is 0 Å². The molecule has 1 saturated heterocycles. The minimum atomic E-state index is -0.771. The van der Waals surface area contributed by atoms with Crippen LogP contribution < -0.4 is 10.5 Å². The van der Waals surface area contributed by atoms with Crippen LogP contribution in [0, 0.1) is 0 Å². The van der Waals surface area contributed by atoms with Crippen molar-refractivity contribution in [2.75, 3.05) is 32.8 Å². The number of benzene rings is 2. The van der Waals surface area contributed by atoms with Gasteiger partial charge in [0, 0.05) is 49.0 Å². The number of ether oxygens (including phenoxy) is 1. The lowest BCUT2D eigenvalue weighted by Gasteiger charge is -2.38. The number of aliphatic hydroxyl groups excluding tert-OH is 1. The highest BCUT2D eigenvalue weighted by atomic mass is 35.5. The standard InChI is InChI=1S/C24H28ClN3O3/c25-19-10-18(22-3-1-2-17-13-27-7-4-23(17)22)11-21(12-19)31-15-20(29)14-28-8-5-24(30,16-26)6-9-28/h1-4,7,10-13,20,29-30H,5-6,8-9,14-16,26H2. The zero-order chi connectivity index (χ0) is 21.8. The minimum Gasteiger partial charge on any atom is -0.491 e. The van der Waals surface area contributed by atoms with E-state index < -0.39 is 11.7 Å². The minimum absolute atomic E-state index is 0.164. The normalized spacial score (nSPS) is 17.5. The SMILES string of the molecule is NCC1(O)CCN(CC(O)COc2cc(Cl)cc(-c3cccc4cnccc34)c2)CC1. The molecule has 1 aliphatic heterocycles. The van der Waals surface area contributed by atoms with Crippen molar-refractivity contribution in [3.05, 3.63) is 59.9 Å². The van der Waals surface area contributed by atoms with E-state index in [0.29, 0.717) is 43.2 Å². The fourth-order valence-corrected chi connectivity index (χ4v) is 4.30. The van der Waals surface area contributed by atoms with Crippen LogP contribution in [0.4, 0.5) is 0 Å². The lowest BCUT2D eigenvalue weighted by Crippen LogP contribution is -2.50. The summed E-state index contributed by atoms with van der Waals surface area (Å²) in [6, 6.07) is 13.7. The van der Waals surface area contributed by atoms with Gasteiger partial charge in [0.1, 0.15) is 18.5 Å². The maximum absolute atomic E-state index is 10.5. The zero-order valence-corrected chi connectivity index (χ0v) is 18.1. The average molecular weight is 442 g/mol. The summed E-state index contributed by atoms with van der Waals surface area (Å²) in [6.07, 6.45) is 4.21. The number of piperidine rings is 1. The maximum atomic E-state index is 10.5. The highest BCUT2D eigenvalue weighted by Crippen LogP contribution is 2.33. The molecule has 6 nitrogen and oxygen atoms in total. The van der Waals surface area contributed by atoms with Crippen molar-refractivity contribution in [1.82, 2.24) is 9.88 Å². The summed E-state index contributed by atoms with van der Waals surface area (Å²) in [7, 11) is 0. The molecule has 7 heteroatoms. The van der Waals surface area contributed by atoms with Gasteiger partial charge in [-0.1, -0.05) is 29.8 Å². The van der Waals surface area contributed by atoms with Crippen LogP contribution in [0.25, 0.3) is 21.9 Å². The van der Waals surface area contributed by atoms with Crippen molar-refractivity contribution in [2.45, 2.75) is 24.5 Å². The van der Waals surface area contributed by atoms with Crippen LogP contribution in [0.2, 0.25) is 5.02 Å². The molecule has 1 unspecified atom stereocenters. The number of pyridine rings is 1. The van der Waals surface area contributed by atoms with E-state index >= 15 is 0 Å². The van der Waals surface area contributed by atoms with E-state index in [4.69, 9.17) is 22.1 Å². The average Bonchev–Trinajstić information content (AvgIpc) is 2.78. The summed E-state index contributed by atoms with van der Waals surface area (Å²) in [5.41, 5.74) is 6.87. The maximum Gasteiger partial charge on any atom is 0.121 e. The van der Waals surface area contributed by atoms with Crippen LogP contribution in [0.5, 0.6) is 5.75 Å². The third-order valence-corrected chi connectivity index (χ3v) is 6.16. The monoisotopic (exact) mass is 441 g/mol. The van der Waals surface area contributed by atoms with Gasteiger partial charge in [0.25, 0.3) is 0 Å². The van der Waals surface area contributed by atoms with Gasteiger partial charge in [-0.15, -0.1) is 0 Å². The highest BCUT2D eigenvalue weighted by molar-refractivity contribution is 6.31. The summed E-state index contributed by atoms with van der Waals surface area (Å²) in [5.74, 6) is 0.615. The molecule has 0 radical (unpaired) electrons. The van der Waals surface area contributed by atoms with Gasteiger partial charge in [-0.05, 0) is 53.6 Å². The largest absolute Gasteiger partial charge is 0.491 e. The van der Waals surface area contributed by atoms with Crippen LogP contribution in [-0.2, 0) is 0 Å². The molecular formula is C24H28ClN3O3. The molecule has 0 amide bonds. The van der Waals surface area contributed by atoms with Gasteiger partial charge in [0.05, 0.1) is 5.60 Å². The van der Waals surface area contributed by atoms with E-state index in [1.807, 2.05) is 42.6 Å². The molecule has 31 heavy (non-hydrogen) atoms. The number of fused-ring (bicyclic) bond motifs is 1. The molecule has 2 heterocycles. The molecule has 2 aromatic carbocycles. The van der Waals surface area contributed by atoms with E-state index in [1.165, 1.54) is 0 Å². The van der Waals surface area contributed by atoms with Gasteiger partial charge in [0.2, 0.25) is 0 Å². The molecular weight excluding hydrogens is 414 g/mol. The first-order valence-corrected chi connectivity index (χ1v) is 10.9. The molecule has 3 aromatic rings. The quantitative estimate of drug-likeness (QED) is 0.522. The molecule has 4 rings (SSSR count). The van der Waals surface area contributed by atoms with Crippen molar-refractivity contribution in [3.63, 3.8) is 0 Å². The Hall–Kier alpha value is -2.22. The lowest BCUT2D eigenvalue weighted by atomic mass is 9.91. The van der Waals surface area contributed by atoms with Crippen LogP contribution in [0.15, 0.2) is 54.9 Å². The van der Waals surface area contributed by atoms with Crippen molar-refractivity contribution in [2.24, 2.45) is 5.73 Å². The Labute approximate surface area is 187 Å². The molecule has 1 aliphatic rings. The van der Waals surface area contributed by atoms with Gasteiger partial charge in [-0.2, -0.15) is 0 Å². The van der Waals surface area contributed by atoms with Gasteiger partial charge >= 0.3 is 0 Å². The van der Waals surface area contributed by atoms with Crippen LogP contribution in [-0.4, -0.2) is 64.6 Å². The third-order valence-electron chi connectivity index (χ3n) is 5.94. The highest BCUT2D eigenvalue weighted by Gasteiger charge is 2.31. The summed E-state index contributed by atoms with van der Waals surface area (Å²) in [4.78, 5) is 6.32. The lowest BCUT2D eigenvalue weighted by molar-refractivity contribution is -0.0265. The number of aliphatic hydroxyl groups is 2. The number of rotatable bonds is 7. The molecule has 4 N–H and O–H groups in total. The van der Waals surface area contributed by atoms with Crippen molar-refractivity contribution < 1.29 is 14.9 Å². The topological polar surface area (TPSA) is 91.8 Å². The Morgan fingerprint density at radius 2 is 2.00 bits per heavy atom. The molecule has 1 aromatic heterocycles. The Kier molecular flexibility index (Phi) is 6.74. The smallest absolute Gasteiger partial charge is 0.121 e. The first kappa shape index (κ1) is 22.0. The zero-order valence-electron chi connectivity index (χ0n) is 17.4. The number of hydrogen-bond acceptors (Lipinski definition) is 6. The number of β-amino-alcohol motifs (C(OH)–C–C–N with tert-alkyl or cyclic N) is 1. The Balaban J connectivity index is 1.41.